The van der Waals surface area contributed by atoms with Gasteiger partial charge in [-0.2, -0.15) is 13.2 Å². The number of alkyl halides is 3. The van der Waals surface area contributed by atoms with Crippen LogP contribution in [-0.2, 0) is 11.0 Å². The molecule has 0 saturated carbocycles. The minimum atomic E-state index is -4.39. The van der Waals surface area contributed by atoms with Crippen LogP contribution in [0.2, 0.25) is 0 Å². The third kappa shape index (κ3) is 5.05. The van der Waals surface area contributed by atoms with Crippen molar-refractivity contribution >= 4 is 17.6 Å². The van der Waals surface area contributed by atoms with Crippen molar-refractivity contribution in [2.45, 2.75) is 12.2 Å². The number of imide groups is 1. The maximum atomic E-state index is 13.0. The van der Waals surface area contributed by atoms with E-state index in [9.17, 15) is 22.8 Å². The van der Waals surface area contributed by atoms with Crippen LogP contribution < -0.4 is 20.9 Å². The van der Waals surface area contributed by atoms with Crippen LogP contribution in [0, 0.1) is 0 Å². The average molecular weight is 407 g/mol. The molecule has 1 aliphatic rings. The minimum absolute atomic E-state index is 0.476. The molecule has 1 heterocycles. The summed E-state index contributed by atoms with van der Waals surface area (Å²) >= 11 is 0. The average Bonchev–Trinajstić information content (AvgIpc) is 2.68. The van der Waals surface area contributed by atoms with Crippen molar-refractivity contribution in [1.29, 1.82) is 0 Å². The Hall–Kier alpha value is -3.07. The van der Waals surface area contributed by atoms with Crippen molar-refractivity contribution < 1.29 is 27.7 Å². The van der Waals surface area contributed by atoms with E-state index in [1.807, 2.05) is 11.0 Å². The monoisotopic (exact) mass is 407 g/mol. The van der Waals surface area contributed by atoms with E-state index < -0.39 is 29.7 Å². The molecular formula is C20H22F3N4O2+. The topological polar surface area (TPSA) is 79.9 Å². The van der Waals surface area contributed by atoms with Gasteiger partial charge in [-0.3, -0.25) is 10.1 Å². The standard InChI is InChI=1S/C20H21F3N4O2/c21-20(22,23)15-7-4-8-16(13-15)26-9-11-27(12-10-26)17(18(28)25-19(24)29)14-5-2-1-3-6-14/h1-8,13,17H,9-12H2,(H3,24,25,28,29)/p+1/t17-/m0/s1. The zero-order valence-corrected chi connectivity index (χ0v) is 15.6. The van der Waals surface area contributed by atoms with Gasteiger partial charge in [0.15, 0.2) is 6.04 Å². The van der Waals surface area contributed by atoms with E-state index in [0.717, 1.165) is 22.6 Å². The van der Waals surface area contributed by atoms with Crippen molar-refractivity contribution in [1.82, 2.24) is 5.32 Å². The third-order valence-corrected chi connectivity index (χ3v) is 4.99. The Kier molecular flexibility index (Phi) is 6.07. The molecule has 1 saturated heterocycles. The molecule has 0 spiro atoms. The van der Waals surface area contributed by atoms with Crippen LogP contribution in [-0.4, -0.2) is 38.1 Å². The normalized spacial score (nSPS) is 16.3. The zero-order chi connectivity index (χ0) is 21.0. The molecule has 29 heavy (non-hydrogen) atoms. The second-order valence-electron chi connectivity index (χ2n) is 6.89. The van der Waals surface area contributed by atoms with E-state index in [1.54, 1.807) is 30.3 Å². The fraction of sp³-hybridized carbons (Fsp3) is 0.300. The number of primary amides is 1. The predicted molar refractivity (Wildman–Crippen MR) is 101 cm³/mol. The highest BCUT2D eigenvalue weighted by Crippen LogP contribution is 2.31. The van der Waals surface area contributed by atoms with Gasteiger partial charge in [0.1, 0.15) is 0 Å². The summed E-state index contributed by atoms with van der Waals surface area (Å²) in [6, 6.07) is 12.7. The Morgan fingerprint density at radius 3 is 2.28 bits per heavy atom. The summed E-state index contributed by atoms with van der Waals surface area (Å²) in [4.78, 5) is 26.5. The molecule has 1 atom stereocenters. The summed E-state index contributed by atoms with van der Waals surface area (Å²) < 4.78 is 38.9. The molecule has 0 aliphatic carbocycles. The fourth-order valence-corrected chi connectivity index (χ4v) is 3.63. The van der Waals surface area contributed by atoms with Crippen LogP contribution >= 0.6 is 0 Å². The van der Waals surface area contributed by atoms with Gasteiger partial charge >= 0.3 is 12.2 Å². The zero-order valence-electron chi connectivity index (χ0n) is 15.6. The fourth-order valence-electron chi connectivity index (χ4n) is 3.63. The number of urea groups is 1. The summed E-state index contributed by atoms with van der Waals surface area (Å²) in [5.74, 6) is -0.494. The summed E-state index contributed by atoms with van der Waals surface area (Å²) in [6.07, 6.45) is -4.39. The smallest absolute Gasteiger partial charge is 0.360 e. The molecule has 0 bridgehead atoms. The van der Waals surface area contributed by atoms with E-state index >= 15 is 0 Å². The number of halogens is 3. The lowest BCUT2D eigenvalue weighted by molar-refractivity contribution is -0.922. The van der Waals surface area contributed by atoms with Crippen LogP contribution in [0.25, 0.3) is 0 Å². The number of anilines is 1. The van der Waals surface area contributed by atoms with Gasteiger partial charge in [0.2, 0.25) is 0 Å². The van der Waals surface area contributed by atoms with Crippen LogP contribution in [0.15, 0.2) is 54.6 Å². The minimum Gasteiger partial charge on any atom is -0.360 e. The Labute approximate surface area is 166 Å². The van der Waals surface area contributed by atoms with Crippen molar-refractivity contribution in [3.63, 3.8) is 0 Å². The van der Waals surface area contributed by atoms with E-state index in [4.69, 9.17) is 5.73 Å². The quantitative estimate of drug-likeness (QED) is 0.716. The Balaban J connectivity index is 1.75. The SMILES string of the molecule is NC(=O)NC(=O)[C@H](c1ccccc1)[NH+]1CCN(c2cccc(C(F)(F)F)c2)CC1. The predicted octanol–water partition coefficient (Wildman–Crippen LogP) is 1.35. The second-order valence-corrected chi connectivity index (χ2v) is 6.89. The Bertz CT molecular complexity index is 866. The number of piperazine rings is 1. The molecule has 4 N–H and O–H groups in total. The van der Waals surface area contributed by atoms with Gasteiger partial charge < -0.3 is 15.5 Å². The molecule has 0 unspecified atom stereocenters. The number of nitrogens with two attached hydrogens (primary N) is 1. The number of amides is 3. The van der Waals surface area contributed by atoms with E-state index in [2.05, 4.69) is 5.32 Å². The third-order valence-electron chi connectivity index (χ3n) is 4.99. The maximum Gasteiger partial charge on any atom is 0.416 e. The number of carbonyl (C=O) groups excluding carboxylic acids is 2. The largest absolute Gasteiger partial charge is 0.416 e. The maximum absolute atomic E-state index is 13.0. The number of hydrogen-bond acceptors (Lipinski definition) is 3. The first-order valence-electron chi connectivity index (χ1n) is 9.18. The number of hydrogen-bond donors (Lipinski definition) is 3. The summed E-state index contributed by atoms with van der Waals surface area (Å²) in [5.41, 5.74) is 5.66. The van der Waals surface area contributed by atoms with E-state index in [-0.39, 0.29) is 0 Å². The molecule has 1 aliphatic heterocycles. The highest BCUT2D eigenvalue weighted by atomic mass is 19.4. The number of carbonyl (C=O) groups is 2. The van der Waals surface area contributed by atoms with Gasteiger partial charge in [0.25, 0.3) is 5.91 Å². The van der Waals surface area contributed by atoms with Gasteiger partial charge in [-0.05, 0) is 18.2 Å². The lowest BCUT2D eigenvalue weighted by Gasteiger charge is -2.37. The van der Waals surface area contributed by atoms with Crippen molar-refractivity contribution in [3.8, 4) is 0 Å². The molecule has 3 rings (SSSR count). The first-order chi connectivity index (χ1) is 13.8. The van der Waals surface area contributed by atoms with Crippen LogP contribution in [0.5, 0.6) is 0 Å². The molecule has 9 heteroatoms. The number of benzene rings is 2. The second kappa shape index (κ2) is 8.52. The Morgan fingerprint density at radius 1 is 1.03 bits per heavy atom. The van der Waals surface area contributed by atoms with Crippen molar-refractivity contribution in [3.05, 3.63) is 65.7 Å². The van der Waals surface area contributed by atoms with Crippen LogP contribution in [0.1, 0.15) is 17.2 Å². The highest BCUT2D eigenvalue weighted by Gasteiger charge is 2.35. The van der Waals surface area contributed by atoms with Gasteiger partial charge in [-0.15, -0.1) is 0 Å². The first kappa shape index (κ1) is 20.7. The lowest BCUT2D eigenvalue weighted by Crippen LogP contribution is -3.16. The number of nitrogens with one attached hydrogen (secondary N) is 2. The molecular weight excluding hydrogens is 385 g/mol. The molecule has 2 aromatic carbocycles. The number of rotatable bonds is 4. The molecule has 3 amide bonds. The van der Waals surface area contributed by atoms with E-state index in [0.29, 0.717) is 31.9 Å². The first-order valence-corrected chi connectivity index (χ1v) is 9.18. The Morgan fingerprint density at radius 2 is 1.69 bits per heavy atom. The van der Waals surface area contributed by atoms with Gasteiger partial charge in [0.05, 0.1) is 31.7 Å². The summed E-state index contributed by atoms with van der Waals surface area (Å²) in [7, 11) is 0. The van der Waals surface area contributed by atoms with Gasteiger partial charge in [-0.25, -0.2) is 4.79 Å². The van der Waals surface area contributed by atoms with Crippen LogP contribution in [0.3, 0.4) is 0 Å². The van der Waals surface area contributed by atoms with Crippen molar-refractivity contribution in [2.75, 3.05) is 31.1 Å². The molecule has 0 aromatic heterocycles. The highest BCUT2D eigenvalue weighted by molar-refractivity contribution is 5.96. The van der Waals surface area contributed by atoms with Gasteiger partial charge in [-0.1, -0.05) is 36.4 Å². The van der Waals surface area contributed by atoms with Gasteiger partial charge in [0, 0.05) is 11.3 Å². The number of quaternary nitrogens is 1. The molecule has 6 nitrogen and oxygen atoms in total. The number of nitrogens with zero attached hydrogens (tertiary/aromatic N) is 1. The molecule has 0 radical (unpaired) electrons. The molecule has 154 valence electrons. The van der Waals surface area contributed by atoms with E-state index in [1.165, 1.54) is 6.07 Å². The lowest BCUT2D eigenvalue weighted by atomic mass is 10.0. The summed E-state index contributed by atoms with van der Waals surface area (Å²) in [6.45, 7) is 1.98. The van der Waals surface area contributed by atoms with Crippen LogP contribution in [0.4, 0.5) is 23.7 Å². The molecule has 1 fully saturated rings. The summed E-state index contributed by atoms with van der Waals surface area (Å²) in [5, 5.41) is 2.15. The van der Waals surface area contributed by atoms with Crippen molar-refractivity contribution in [2.24, 2.45) is 5.73 Å². The molecule has 2 aromatic rings.